The van der Waals surface area contributed by atoms with Crippen molar-refractivity contribution in [1.29, 1.82) is 0 Å². The minimum atomic E-state index is -0.246. The van der Waals surface area contributed by atoms with Crippen molar-refractivity contribution in [1.82, 2.24) is 14.9 Å². The lowest BCUT2D eigenvalue weighted by Gasteiger charge is -2.31. The second-order valence-corrected chi connectivity index (χ2v) is 3.72. The molecular formula is C9H13N3O2. The van der Waals surface area contributed by atoms with Crippen LogP contribution in [-0.2, 0) is 7.05 Å². The first-order chi connectivity index (χ1) is 6.65. The first-order valence-electron chi connectivity index (χ1n) is 4.62. The zero-order valence-corrected chi connectivity index (χ0v) is 7.97. The number of carbonyl (C=O) groups is 1. The smallest absolute Gasteiger partial charge is 0.271 e. The Hall–Kier alpha value is -1.36. The molecule has 0 spiro atoms. The SMILES string of the molecule is Cn1cnc(C(=O)NC2CC(O)C2)c1. The first-order valence-corrected chi connectivity index (χ1v) is 4.62. The third kappa shape index (κ3) is 1.77. The average Bonchev–Trinajstić information content (AvgIpc) is 2.49. The van der Waals surface area contributed by atoms with Crippen molar-refractivity contribution in [3.05, 3.63) is 18.2 Å². The van der Waals surface area contributed by atoms with Crippen molar-refractivity contribution in [2.75, 3.05) is 0 Å². The number of aliphatic hydroxyl groups is 1. The molecule has 1 saturated carbocycles. The van der Waals surface area contributed by atoms with Crippen molar-refractivity contribution in [2.45, 2.75) is 25.0 Å². The van der Waals surface area contributed by atoms with E-state index >= 15 is 0 Å². The minimum Gasteiger partial charge on any atom is -0.393 e. The number of carbonyl (C=O) groups excluding carboxylic acids is 1. The number of amides is 1. The summed E-state index contributed by atoms with van der Waals surface area (Å²) in [6.07, 6.45) is 4.32. The number of aromatic nitrogens is 2. The van der Waals surface area contributed by atoms with Crippen molar-refractivity contribution >= 4 is 5.91 Å². The van der Waals surface area contributed by atoms with Crippen LogP contribution in [0.3, 0.4) is 0 Å². The molecular weight excluding hydrogens is 182 g/mol. The molecule has 76 valence electrons. The molecule has 1 heterocycles. The van der Waals surface area contributed by atoms with Gasteiger partial charge in [-0.05, 0) is 12.8 Å². The largest absolute Gasteiger partial charge is 0.393 e. The number of imidazole rings is 1. The number of hydrogen-bond acceptors (Lipinski definition) is 3. The zero-order valence-electron chi connectivity index (χ0n) is 7.97. The van der Waals surface area contributed by atoms with Gasteiger partial charge in [-0.3, -0.25) is 4.79 Å². The number of rotatable bonds is 2. The van der Waals surface area contributed by atoms with Crippen molar-refractivity contribution in [2.24, 2.45) is 7.05 Å². The van der Waals surface area contributed by atoms with Gasteiger partial charge in [-0.15, -0.1) is 0 Å². The Morgan fingerprint density at radius 1 is 1.71 bits per heavy atom. The molecule has 2 rings (SSSR count). The normalized spacial score (nSPS) is 25.6. The van der Waals surface area contributed by atoms with Crippen LogP contribution in [-0.4, -0.2) is 32.7 Å². The Labute approximate surface area is 81.8 Å². The fourth-order valence-corrected chi connectivity index (χ4v) is 1.50. The zero-order chi connectivity index (χ0) is 10.1. The summed E-state index contributed by atoms with van der Waals surface area (Å²) in [6, 6.07) is 0.111. The van der Waals surface area contributed by atoms with Gasteiger partial charge in [0, 0.05) is 19.3 Å². The Kier molecular flexibility index (Phi) is 2.25. The van der Waals surface area contributed by atoms with Gasteiger partial charge in [-0.2, -0.15) is 0 Å². The maximum atomic E-state index is 11.5. The standard InChI is InChI=1S/C9H13N3O2/c1-12-4-8(10-5-12)9(14)11-6-2-7(13)3-6/h4-7,13H,2-3H2,1H3,(H,11,14). The molecule has 0 atom stereocenters. The molecule has 2 N–H and O–H groups in total. The molecule has 14 heavy (non-hydrogen) atoms. The number of nitrogens with one attached hydrogen (secondary N) is 1. The van der Waals surface area contributed by atoms with Gasteiger partial charge in [-0.1, -0.05) is 0 Å². The van der Waals surface area contributed by atoms with E-state index in [1.807, 2.05) is 7.05 Å². The maximum absolute atomic E-state index is 11.5. The quantitative estimate of drug-likeness (QED) is 0.679. The molecule has 1 aromatic heterocycles. The summed E-state index contributed by atoms with van der Waals surface area (Å²) in [7, 11) is 1.82. The van der Waals surface area contributed by atoms with Crippen LogP contribution in [0.1, 0.15) is 23.3 Å². The van der Waals surface area contributed by atoms with Gasteiger partial charge >= 0.3 is 0 Å². The second-order valence-electron chi connectivity index (χ2n) is 3.72. The minimum absolute atomic E-state index is 0.111. The first kappa shape index (κ1) is 9.21. The van der Waals surface area contributed by atoms with Crippen molar-refractivity contribution in [3.8, 4) is 0 Å². The van der Waals surface area contributed by atoms with Crippen molar-refractivity contribution < 1.29 is 9.90 Å². The Morgan fingerprint density at radius 2 is 2.43 bits per heavy atom. The van der Waals surface area contributed by atoms with Gasteiger partial charge < -0.3 is 15.0 Å². The molecule has 1 aromatic rings. The molecule has 1 aliphatic carbocycles. The summed E-state index contributed by atoms with van der Waals surface area (Å²) in [6.45, 7) is 0. The molecule has 0 radical (unpaired) electrons. The highest BCUT2D eigenvalue weighted by Crippen LogP contribution is 2.19. The molecule has 5 nitrogen and oxygen atoms in total. The van der Waals surface area contributed by atoms with Crippen LogP contribution in [0.5, 0.6) is 0 Å². The van der Waals surface area contributed by atoms with E-state index in [2.05, 4.69) is 10.3 Å². The summed E-state index contributed by atoms with van der Waals surface area (Å²) in [5, 5.41) is 11.8. The van der Waals surface area contributed by atoms with Gasteiger partial charge in [0.25, 0.3) is 5.91 Å². The molecule has 1 aliphatic rings. The summed E-state index contributed by atoms with van der Waals surface area (Å²) < 4.78 is 1.73. The maximum Gasteiger partial charge on any atom is 0.271 e. The fourth-order valence-electron chi connectivity index (χ4n) is 1.50. The second kappa shape index (κ2) is 3.42. The fraction of sp³-hybridized carbons (Fsp3) is 0.556. The van der Waals surface area contributed by atoms with Gasteiger partial charge in [0.1, 0.15) is 5.69 Å². The highest BCUT2D eigenvalue weighted by atomic mass is 16.3. The predicted octanol–water partition coefficient (Wildman–Crippen LogP) is -0.327. The summed E-state index contributed by atoms with van der Waals surface area (Å²) in [4.78, 5) is 15.4. The van der Waals surface area contributed by atoms with Crippen LogP contribution >= 0.6 is 0 Å². The van der Waals surface area contributed by atoms with Crippen LogP contribution in [0.4, 0.5) is 0 Å². The van der Waals surface area contributed by atoms with E-state index in [0.717, 1.165) is 0 Å². The van der Waals surface area contributed by atoms with E-state index < -0.39 is 0 Å². The van der Waals surface area contributed by atoms with Crippen LogP contribution in [0, 0.1) is 0 Å². The summed E-state index contributed by atoms with van der Waals surface area (Å²) in [5.41, 5.74) is 0.425. The predicted molar refractivity (Wildman–Crippen MR) is 49.7 cm³/mol. The Bertz CT molecular complexity index is 342. The summed E-state index contributed by atoms with van der Waals surface area (Å²) in [5.74, 6) is -0.164. The number of aliphatic hydroxyl groups excluding tert-OH is 1. The van der Waals surface area contributed by atoms with Crippen LogP contribution in [0.25, 0.3) is 0 Å². The average molecular weight is 195 g/mol. The summed E-state index contributed by atoms with van der Waals surface area (Å²) >= 11 is 0. The van der Waals surface area contributed by atoms with E-state index in [4.69, 9.17) is 5.11 Å². The molecule has 1 fully saturated rings. The third-order valence-electron chi connectivity index (χ3n) is 2.39. The lowest BCUT2D eigenvalue weighted by molar-refractivity contribution is 0.0561. The molecule has 1 amide bonds. The Balaban J connectivity index is 1.90. The monoisotopic (exact) mass is 195 g/mol. The van der Waals surface area contributed by atoms with E-state index in [1.165, 1.54) is 0 Å². The lowest BCUT2D eigenvalue weighted by Crippen LogP contribution is -2.46. The number of hydrogen-bond donors (Lipinski definition) is 2. The molecule has 0 unspecified atom stereocenters. The van der Waals surface area contributed by atoms with E-state index in [0.29, 0.717) is 18.5 Å². The highest BCUT2D eigenvalue weighted by molar-refractivity contribution is 5.92. The lowest BCUT2D eigenvalue weighted by atomic mass is 9.89. The number of nitrogens with zero attached hydrogens (tertiary/aromatic N) is 2. The van der Waals surface area contributed by atoms with E-state index in [1.54, 1.807) is 17.1 Å². The van der Waals surface area contributed by atoms with Gasteiger partial charge in [0.2, 0.25) is 0 Å². The molecule has 0 bridgehead atoms. The van der Waals surface area contributed by atoms with E-state index in [9.17, 15) is 4.79 Å². The molecule has 0 saturated heterocycles. The number of aryl methyl sites for hydroxylation is 1. The Morgan fingerprint density at radius 3 is 2.93 bits per heavy atom. The van der Waals surface area contributed by atoms with Gasteiger partial charge in [0.05, 0.1) is 12.4 Å². The topological polar surface area (TPSA) is 67.2 Å². The van der Waals surface area contributed by atoms with Crippen LogP contribution < -0.4 is 5.32 Å². The third-order valence-corrected chi connectivity index (χ3v) is 2.39. The highest BCUT2D eigenvalue weighted by Gasteiger charge is 2.28. The van der Waals surface area contributed by atoms with Crippen LogP contribution in [0.2, 0.25) is 0 Å². The molecule has 0 aromatic carbocycles. The van der Waals surface area contributed by atoms with Gasteiger partial charge in [-0.25, -0.2) is 4.98 Å². The molecule has 5 heteroatoms. The molecule has 0 aliphatic heterocycles. The van der Waals surface area contributed by atoms with E-state index in [-0.39, 0.29) is 18.1 Å². The van der Waals surface area contributed by atoms with Gasteiger partial charge in [0.15, 0.2) is 0 Å². The van der Waals surface area contributed by atoms with Crippen molar-refractivity contribution in [3.63, 3.8) is 0 Å². The van der Waals surface area contributed by atoms with Crippen LogP contribution in [0.15, 0.2) is 12.5 Å².